The van der Waals surface area contributed by atoms with E-state index in [1.807, 2.05) is 0 Å². The van der Waals surface area contributed by atoms with E-state index in [0.717, 1.165) is 44.9 Å². The Kier molecular flexibility index (Phi) is 20.8. The van der Waals surface area contributed by atoms with Crippen LogP contribution in [0.2, 0.25) is 0 Å². The van der Waals surface area contributed by atoms with Crippen molar-refractivity contribution in [1.82, 2.24) is 0 Å². The number of epoxide rings is 1. The van der Waals surface area contributed by atoms with Crippen LogP contribution in [0, 0.1) is 0 Å². The topological polar surface area (TPSA) is 85.4 Å². The van der Waals surface area contributed by atoms with E-state index in [9.17, 15) is 14.7 Å². The number of aliphatic hydroxyl groups is 1. The normalized spacial score (nSPS) is 18.1. The van der Waals surface area contributed by atoms with Crippen molar-refractivity contribution in [3.05, 3.63) is 36.5 Å². The van der Waals surface area contributed by atoms with Gasteiger partial charge in [-0.25, -0.2) is 0 Å². The van der Waals surface area contributed by atoms with Crippen molar-refractivity contribution in [3.8, 4) is 0 Å². The van der Waals surface area contributed by atoms with Crippen molar-refractivity contribution in [3.63, 3.8) is 0 Å². The molecule has 0 saturated carbocycles. The summed E-state index contributed by atoms with van der Waals surface area (Å²) >= 11 is 0. The number of ether oxygens (including phenoxy) is 3. The van der Waals surface area contributed by atoms with Crippen LogP contribution in [0.5, 0.6) is 0 Å². The zero-order valence-electron chi connectivity index (χ0n) is 23.4. The van der Waals surface area contributed by atoms with Crippen molar-refractivity contribution in [1.29, 1.82) is 0 Å². The summed E-state index contributed by atoms with van der Waals surface area (Å²) in [7, 11) is 0. The number of hydrogen-bond acceptors (Lipinski definition) is 6. The maximum atomic E-state index is 11.8. The zero-order valence-corrected chi connectivity index (χ0v) is 23.4. The number of carbonyl (C=O) groups is 2. The third kappa shape index (κ3) is 20.8. The van der Waals surface area contributed by atoms with Gasteiger partial charge in [-0.15, -0.1) is 0 Å². The van der Waals surface area contributed by atoms with Gasteiger partial charge in [0.05, 0.1) is 12.2 Å². The lowest BCUT2D eigenvalue weighted by molar-refractivity contribution is -0.152. The number of esters is 2. The number of carbonyl (C=O) groups excluding carboxylic acids is 2. The highest BCUT2D eigenvalue weighted by molar-refractivity contribution is 5.69. The predicted octanol–water partition coefficient (Wildman–Crippen LogP) is 7.15. The molecule has 2 unspecified atom stereocenters. The molecule has 3 atom stereocenters. The third-order valence-corrected chi connectivity index (χ3v) is 6.28. The molecule has 0 aliphatic carbocycles. The molecular weight excluding hydrogens is 468 g/mol. The first-order valence-corrected chi connectivity index (χ1v) is 14.7. The van der Waals surface area contributed by atoms with Crippen LogP contribution in [0.25, 0.3) is 0 Å². The minimum absolute atomic E-state index is 0.139. The molecule has 0 spiro atoms. The van der Waals surface area contributed by atoms with Crippen LogP contribution < -0.4 is 0 Å². The Balaban J connectivity index is 1.94. The van der Waals surface area contributed by atoms with Crippen molar-refractivity contribution in [2.75, 3.05) is 13.2 Å². The Morgan fingerprint density at radius 3 is 1.89 bits per heavy atom. The SMILES string of the molecule is CCCCC/C=C\C/C=C\CC1OC1C/C=C\CCCC(=O)OC[C@@H](O)COC(=O)CCCCCCC. The molecule has 0 bridgehead atoms. The van der Waals surface area contributed by atoms with E-state index in [0.29, 0.717) is 31.5 Å². The van der Waals surface area contributed by atoms with E-state index in [1.165, 1.54) is 38.5 Å². The highest BCUT2D eigenvalue weighted by atomic mass is 16.6. The molecule has 1 fully saturated rings. The van der Waals surface area contributed by atoms with Gasteiger partial charge in [-0.3, -0.25) is 9.59 Å². The van der Waals surface area contributed by atoms with E-state index in [1.54, 1.807) is 0 Å². The molecule has 1 aliphatic rings. The smallest absolute Gasteiger partial charge is 0.305 e. The average Bonchev–Trinajstić information content (AvgIpc) is 3.65. The van der Waals surface area contributed by atoms with Gasteiger partial charge >= 0.3 is 11.9 Å². The second-order valence-electron chi connectivity index (χ2n) is 9.91. The standard InChI is InChI=1S/C31H52O6/c1-3-5-7-9-10-11-12-14-17-21-28-29(37-28)22-18-15-16-20-24-31(34)36-26-27(32)25-35-30(33)23-19-13-8-6-4-2/h10-11,14-15,17-18,27-29,32H,3-9,12-13,16,19-26H2,1-2H3/b11-10-,17-14-,18-15-/t27-,28?,29?/m0/s1. The van der Waals surface area contributed by atoms with Crippen molar-refractivity contribution >= 4 is 11.9 Å². The van der Waals surface area contributed by atoms with E-state index in [4.69, 9.17) is 14.2 Å². The van der Waals surface area contributed by atoms with Gasteiger partial charge in [0.1, 0.15) is 19.3 Å². The monoisotopic (exact) mass is 520 g/mol. The maximum absolute atomic E-state index is 11.8. The maximum Gasteiger partial charge on any atom is 0.305 e. The lowest BCUT2D eigenvalue weighted by Crippen LogP contribution is -2.25. The Bertz CT molecular complexity index is 669. The Morgan fingerprint density at radius 1 is 0.703 bits per heavy atom. The van der Waals surface area contributed by atoms with E-state index in [2.05, 4.69) is 50.3 Å². The molecule has 6 nitrogen and oxygen atoms in total. The number of rotatable bonds is 24. The number of hydrogen-bond donors (Lipinski definition) is 1. The molecule has 1 N–H and O–H groups in total. The summed E-state index contributed by atoms with van der Waals surface area (Å²) in [6, 6.07) is 0. The fourth-order valence-electron chi connectivity index (χ4n) is 3.88. The van der Waals surface area contributed by atoms with Crippen LogP contribution in [-0.2, 0) is 23.8 Å². The molecule has 1 rings (SSSR count). The molecule has 0 aromatic carbocycles. The van der Waals surface area contributed by atoms with E-state index in [-0.39, 0.29) is 25.2 Å². The largest absolute Gasteiger partial charge is 0.463 e. The molecular formula is C31H52O6. The van der Waals surface area contributed by atoms with Gasteiger partial charge in [0.2, 0.25) is 0 Å². The van der Waals surface area contributed by atoms with Gasteiger partial charge in [-0.2, -0.15) is 0 Å². The Hall–Kier alpha value is -1.92. The van der Waals surface area contributed by atoms with Crippen LogP contribution in [0.3, 0.4) is 0 Å². The third-order valence-electron chi connectivity index (χ3n) is 6.28. The molecule has 1 aliphatic heterocycles. The van der Waals surface area contributed by atoms with Crippen LogP contribution >= 0.6 is 0 Å². The van der Waals surface area contributed by atoms with Gasteiger partial charge in [0, 0.05) is 12.8 Å². The van der Waals surface area contributed by atoms with Crippen molar-refractivity contribution < 1.29 is 28.9 Å². The number of allylic oxidation sites excluding steroid dienone is 4. The van der Waals surface area contributed by atoms with Gasteiger partial charge < -0.3 is 19.3 Å². The summed E-state index contributed by atoms with van der Waals surface area (Å²) in [5.74, 6) is -0.656. The molecule has 1 heterocycles. The molecule has 0 amide bonds. The lowest BCUT2D eigenvalue weighted by atomic mass is 10.1. The Labute approximate surface area is 225 Å². The first kappa shape index (κ1) is 33.1. The molecule has 37 heavy (non-hydrogen) atoms. The van der Waals surface area contributed by atoms with Crippen LogP contribution in [0.15, 0.2) is 36.5 Å². The minimum Gasteiger partial charge on any atom is -0.463 e. The summed E-state index contributed by atoms with van der Waals surface area (Å²) in [6.07, 6.45) is 28.2. The number of unbranched alkanes of at least 4 members (excludes halogenated alkanes) is 8. The van der Waals surface area contributed by atoms with E-state index < -0.39 is 6.10 Å². The molecule has 0 aromatic heterocycles. The van der Waals surface area contributed by atoms with Gasteiger partial charge in [0.15, 0.2) is 0 Å². The predicted molar refractivity (Wildman–Crippen MR) is 149 cm³/mol. The summed E-state index contributed by atoms with van der Waals surface area (Å²) < 4.78 is 15.8. The van der Waals surface area contributed by atoms with Gasteiger partial charge in [-0.05, 0) is 51.4 Å². The quantitative estimate of drug-likeness (QED) is 0.0629. The molecule has 6 heteroatoms. The zero-order chi connectivity index (χ0) is 27.0. The van der Waals surface area contributed by atoms with Crippen molar-refractivity contribution in [2.45, 2.75) is 135 Å². The first-order chi connectivity index (χ1) is 18.1. The summed E-state index contributed by atoms with van der Waals surface area (Å²) in [5.41, 5.74) is 0. The molecule has 1 saturated heterocycles. The highest BCUT2D eigenvalue weighted by Crippen LogP contribution is 2.29. The fourth-order valence-corrected chi connectivity index (χ4v) is 3.88. The van der Waals surface area contributed by atoms with Crippen LogP contribution in [0.1, 0.15) is 117 Å². The van der Waals surface area contributed by atoms with Gasteiger partial charge in [-0.1, -0.05) is 88.8 Å². The highest BCUT2D eigenvalue weighted by Gasteiger charge is 2.35. The summed E-state index contributed by atoms with van der Waals surface area (Å²) in [6.45, 7) is 4.09. The fraction of sp³-hybridized carbons (Fsp3) is 0.742. The summed E-state index contributed by atoms with van der Waals surface area (Å²) in [4.78, 5) is 23.5. The first-order valence-electron chi connectivity index (χ1n) is 14.7. The molecule has 0 radical (unpaired) electrons. The van der Waals surface area contributed by atoms with E-state index >= 15 is 0 Å². The number of aliphatic hydroxyl groups excluding tert-OH is 1. The Morgan fingerprint density at radius 2 is 1.22 bits per heavy atom. The lowest BCUT2D eigenvalue weighted by Gasteiger charge is -2.12. The van der Waals surface area contributed by atoms with Crippen LogP contribution in [-0.4, -0.2) is 48.6 Å². The average molecular weight is 521 g/mol. The molecule has 0 aromatic rings. The minimum atomic E-state index is -0.985. The van der Waals surface area contributed by atoms with Crippen molar-refractivity contribution in [2.24, 2.45) is 0 Å². The second kappa shape index (κ2) is 23.2. The van der Waals surface area contributed by atoms with Gasteiger partial charge in [0.25, 0.3) is 0 Å². The van der Waals surface area contributed by atoms with Crippen LogP contribution in [0.4, 0.5) is 0 Å². The second-order valence-corrected chi connectivity index (χ2v) is 9.91. The summed E-state index contributed by atoms with van der Waals surface area (Å²) in [5, 5.41) is 9.85. The molecule has 212 valence electrons.